The summed E-state index contributed by atoms with van der Waals surface area (Å²) in [6, 6.07) is 1.01. The molecule has 1 aliphatic carbocycles. The van der Waals surface area contributed by atoms with E-state index >= 15 is 0 Å². The first kappa shape index (κ1) is 20.3. The molecule has 0 saturated heterocycles. The van der Waals surface area contributed by atoms with Gasteiger partial charge in [-0.2, -0.15) is 0 Å². The highest BCUT2D eigenvalue weighted by molar-refractivity contribution is 5.88. The Bertz CT molecular complexity index is 248. The summed E-state index contributed by atoms with van der Waals surface area (Å²) in [5, 5.41) is 2.92. The van der Waals surface area contributed by atoms with Gasteiger partial charge in [0.15, 0.2) is 0 Å². The van der Waals surface area contributed by atoms with Crippen molar-refractivity contribution in [2.75, 3.05) is 13.1 Å². The molecular weight excluding hydrogens is 273 g/mol. The first-order chi connectivity index (χ1) is 7.37. The number of halogens is 2. The van der Waals surface area contributed by atoms with Crippen molar-refractivity contribution >= 4 is 30.7 Å². The van der Waals surface area contributed by atoms with E-state index < -0.39 is 5.54 Å². The Labute approximate surface area is 123 Å². The Kier molecular flexibility index (Phi) is 9.25. The molecule has 6 heteroatoms. The Hall–Kier alpha value is -0.0300. The number of hydrogen-bond acceptors (Lipinski definition) is 3. The second kappa shape index (κ2) is 8.20. The molecule has 1 fully saturated rings. The van der Waals surface area contributed by atoms with Crippen LogP contribution in [0.5, 0.6) is 0 Å². The minimum absolute atomic E-state index is 0. The first-order valence-corrected chi connectivity index (χ1v) is 6.20. The van der Waals surface area contributed by atoms with E-state index in [1.807, 2.05) is 0 Å². The maximum absolute atomic E-state index is 11.6. The van der Waals surface area contributed by atoms with Gasteiger partial charge in [-0.1, -0.05) is 0 Å². The number of carbonyl (C=O) groups excluding carboxylic acids is 1. The maximum Gasteiger partial charge on any atom is 0.240 e. The van der Waals surface area contributed by atoms with E-state index in [2.05, 4.69) is 37.9 Å². The molecule has 1 amide bonds. The second-order valence-corrected chi connectivity index (χ2v) is 5.34. The molecule has 18 heavy (non-hydrogen) atoms. The van der Waals surface area contributed by atoms with Gasteiger partial charge in [0.2, 0.25) is 5.91 Å². The third-order valence-electron chi connectivity index (χ3n) is 3.22. The van der Waals surface area contributed by atoms with Crippen LogP contribution >= 0.6 is 24.8 Å². The lowest BCUT2D eigenvalue weighted by Crippen LogP contribution is -2.47. The highest BCUT2D eigenvalue weighted by Crippen LogP contribution is 2.31. The predicted molar refractivity (Wildman–Crippen MR) is 80.6 cm³/mol. The number of carbonyl (C=O) groups is 1. The van der Waals surface area contributed by atoms with E-state index in [0.29, 0.717) is 18.6 Å². The third-order valence-corrected chi connectivity index (χ3v) is 3.22. The largest absolute Gasteiger partial charge is 0.353 e. The van der Waals surface area contributed by atoms with Crippen LogP contribution in [0.3, 0.4) is 0 Å². The molecule has 0 bridgehead atoms. The van der Waals surface area contributed by atoms with E-state index in [-0.39, 0.29) is 30.7 Å². The van der Waals surface area contributed by atoms with Crippen molar-refractivity contribution in [3.8, 4) is 0 Å². The molecule has 0 aromatic carbocycles. The van der Waals surface area contributed by atoms with Crippen LogP contribution in [0.2, 0.25) is 0 Å². The third kappa shape index (κ3) is 5.74. The smallest absolute Gasteiger partial charge is 0.240 e. The zero-order chi connectivity index (χ0) is 12.3. The fraction of sp³-hybridized carbons (Fsp3) is 0.917. The predicted octanol–water partition coefficient (Wildman–Crippen LogP) is 1.56. The Morgan fingerprint density at radius 1 is 1.22 bits per heavy atom. The molecule has 4 nitrogen and oxygen atoms in total. The highest BCUT2D eigenvalue weighted by atomic mass is 35.5. The van der Waals surface area contributed by atoms with Gasteiger partial charge in [0.25, 0.3) is 0 Å². The van der Waals surface area contributed by atoms with Crippen molar-refractivity contribution in [2.24, 2.45) is 5.73 Å². The van der Waals surface area contributed by atoms with Crippen molar-refractivity contribution in [3.63, 3.8) is 0 Å². The number of nitrogens with one attached hydrogen (secondary N) is 1. The lowest BCUT2D eigenvalue weighted by Gasteiger charge is -2.30. The topological polar surface area (TPSA) is 58.4 Å². The zero-order valence-electron chi connectivity index (χ0n) is 11.7. The zero-order valence-corrected chi connectivity index (χ0v) is 13.4. The Morgan fingerprint density at radius 2 is 1.67 bits per heavy atom. The van der Waals surface area contributed by atoms with Gasteiger partial charge in [0.05, 0.1) is 5.54 Å². The molecule has 0 atom stereocenters. The molecule has 3 N–H and O–H groups in total. The molecule has 0 unspecified atom stereocenters. The van der Waals surface area contributed by atoms with Crippen LogP contribution in [-0.4, -0.2) is 41.5 Å². The summed E-state index contributed by atoms with van der Waals surface area (Å²) in [6.45, 7) is 10.3. The number of hydrogen-bond donors (Lipinski definition) is 2. The van der Waals surface area contributed by atoms with Gasteiger partial charge in [0.1, 0.15) is 0 Å². The quantitative estimate of drug-likeness (QED) is 0.782. The number of rotatable bonds is 6. The molecule has 0 aliphatic heterocycles. The molecule has 110 valence electrons. The molecule has 1 rings (SSSR count). The van der Waals surface area contributed by atoms with Crippen molar-refractivity contribution in [3.05, 3.63) is 0 Å². The van der Waals surface area contributed by atoms with Gasteiger partial charge in [-0.3, -0.25) is 9.69 Å². The molecule has 1 saturated carbocycles. The summed E-state index contributed by atoms with van der Waals surface area (Å²) in [5.41, 5.74) is 5.26. The molecule has 1 aliphatic rings. The van der Waals surface area contributed by atoms with E-state index in [1.54, 1.807) is 0 Å². The van der Waals surface area contributed by atoms with Crippen LogP contribution in [0, 0.1) is 0 Å². The van der Waals surface area contributed by atoms with Crippen molar-refractivity contribution in [1.29, 1.82) is 0 Å². The first-order valence-electron chi connectivity index (χ1n) is 6.20. The van der Waals surface area contributed by atoms with Gasteiger partial charge in [-0.05, 0) is 40.5 Å². The van der Waals surface area contributed by atoms with Gasteiger partial charge in [-0.25, -0.2) is 0 Å². The molecule has 0 spiro atoms. The van der Waals surface area contributed by atoms with Crippen LogP contribution in [0.1, 0.15) is 40.5 Å². The van der Waals surface area contributed by atoms with Gasteiger partial charge in [-0.15, -0.1) is 24.8 Å². The summed E-state index contributed by atoms with van der Waals surface area (Å²) in [5.74, 6) is 0.0139. The van der Waals surface area contributed by atoms with Crippen LogP contribution in [0.4, 0.5) is 0 Å². The summed E-state index contributed by atoms with van der Waals surface area (Å²) in [4.78, 5) is 14.0. The SMILES string of the molecule is CC(C)N(CCNC(=O)C1(N)CC1)C(C)C.Cl.Cl. The summed E-state index contributed by atoms with van der Waals surface area (Å²) < 4.78 is 0. The standard InChI is InChI=1S/C12H25N3O.2ClH/c1-9(2)15(10(3)4)8-7-14-11(16)12(13)5-6-12;;/h9-10H,5-8,13H2,1-4H3,(H,14,16);2*1H. The van der Waals surface area contributed by atoms with E-state index in [1.165, 1.54) is 0 Å². The van der Waals surface area contributed by atoms with Crippen LogP contribution in [0.15, 0.2) is 0 Å². The molecular formula is C12H27Cl2N3O. The van der Waals surface area contributed by atoms with Crippen molar-refractivity contribution in [2.45, 2.75) is 58.2 Å². The summed E-state index contributed by atoms with van der Waals surface area (Å²) in [6.07, 6.45) is 1.66. The lowest BCUT2D eigenvalue weighted by molar-refractivity contribution is -0.123. The van der Waals surface area contributed by atoms with Crippen LogP contribution in [-0.2, 0) is 4.79 Å². The average Bonchev–Trinajstić information content (AvgIpc) is 2.90. The van der Waals surface area contributed by atoms with E-state index in [4.69, 9.17) is 5.73 Å². The summed E-state index contributed by atoms with van der Waals surface area (Å²) >= 11 is 0. The fourth-order valence-electron chi connectivity index (χ4n) is 1.95. The lowest BCUT2D eigenvalue weighted by atomic mass is 10.2. The second-order valence-electron chi connectivity index (χ2n) is 5.34. The normalized spacial score (nSPS) is 16.2. The van der Waals surface area contributed by atoms with Gasteiger partial charge >= 0.3 is 0 Å². The van der Waals surface area contributed by atoms with E-state index in [0.717, 1.165) is 19.4 Å². The van der Waals surface area contributed by atoms with Gasteiger partial charge < -0.3 is 11.1 Å². The minimum atomic E-state index is -0.541. The van der Waals surface area contributed by atoms with Gasteiger partial charge in [0, 0.05) is 25.2 Å². The number of amides is 1. The molecule has 0 aromatic rings. The van der Waals surface area contributed by atoms with E-state index in [9.17, 15) is 4.79 Å². The minimum Gasteiger partial charge on any atom is -0.353 e. The Balaban J connectivity index is 0. The number of nitrogens with zero attached hydrogens (tertiary/aromatic N) is 1. The van der Waals surface area contributed by atoms with Crippen molar-refractivity contribution < 1.29 is 4.79 Å². The van der Waals surface area contributed by atoms with Crippen LogP contribution < -0.4 is 11.1 Å². The molecule has 0 radical (unpaired) electrons. The van der Waals surface area contributed by atoms with Crippen molar-refractivity contribution in [1.82, 2.24) is 10.2 Å². The Morgan fingerprint density at radius 3 is 2.00 bits per heavy atom. The monoisotopic (exact) mass is 299 g/mol. The van der Waals surface area contributed by atoms with Crippen LogP contribution in [0.25, 0.3) is 0 Å². The average molecular weight is 300 g/mol. The highest BCUT2D eigenvalue weighted by Gasteiger charge is 2.45. The molecule has 0 aromatic heterocycles. The molecule has 0 heterocycles. The summed E-state index contributed by atoms with van der Waals surface area (Å²) in [7, 11) is 0. The maximum atomic E-state index is 11.6. The fourth-order valence-corrected chi connectivity index (χ4v) is 1.95. The number of nitrogens with two attached hydrogens (primary N) is 1.